The first kappa shape index (κ1) is 23.1. The molecular formula is C20H21ClF3N5O2S. The molecule has 0 bridgehead atoms. The summed E-state index contributed by atoms with van der Waals surface area (Å²) in [6.07, 6.45) is -4.88. The van der Waals surface area contributed by atoms with Crippen molar-refractivity contribution in [1.29, 1.82) is 0 Å². The number of carbonyl (C=O) groups is 1. The van der Waals surface area contributed by atoms with E-state index in [4.69, 9.17) is 11.6 Å². The summed E-state index contributed by atoms with van der Waals surface area (Å²) in [5.41, 5.74) is -2.13. The average Bonchev–Trinajstić information content (AvgIpc) is 3.29. The highest BCUT2D eigenvalue weighted by molar-refractivity contribution is 7.99. The van der Waals surface area contributed by atoms with E-state index in [-0.39, 0.29) is 22.4 Å². The van der Waals surface area contributed by atoms with Crippen LogP contribution in [-0.2, 0) is 11.3 Å². The lowest BCUT2D eigenvalue weighted by Crippen LogP contribution is -2.57. The molecule has 2 aromatic rings. The van der Waals surface area contributed by atoms with Gasteiger partial charge >= 0.3 is 6.18 Å². The molecule has 7 nitrogen and oxygen atoms in total. The Morgan fingerprint density at radius 2 is 1.97 bits per heavy atom. The van der Waals surface area contributed by atoms with Gasteiger partial charge in [0, 0.05) is 29.6 Å². The summed E-state index contributed by atoms with van der Waals surface area (Å²) in [7, 11) is 0. The molecule has 4 rings (SSSR count). The fraction of sp³-hybridized carbons (Fsp3) is 0.500. The van der Waals surface area contributed by atoms with E-state index in [1.165, 1.54) is 6.92 Å². The number of benzene rings is 1. The highest BCUT2D eigenvalue weighted by atomic mass is 35.5. The molecule has 0 radical (unpaired) electrons. The molecule has 2 heterocycles. The molecule has 1 saturated carbocycles. The molecule has 32 heavy (non-hydrogen) atoms. The van der Waals surface area contributed by atoms with Gasteiger partial charge in [-0.1, -0.05) is 35.5 Å². The maximum atomic E-state index is 13.4. The second-order valence-corrected chi connectivity index (χ2v) is 9.28. The largest absolute Gasteiger partial charge is 0.438 e. The van der Waals surface area contributed by atoms with Crippen molar-refractivity contribution in [3.05, 3.63) is 40.7 Å². The third-order valence-corrected chi connectivity index (χ3v) is 6.82. The molecule has 1 aromatic heterocycles. The van der Waals surface area contributed by atoms with Crippen LogP contribution in [0.3, 0.4) is 0 Å². The molecule has 1 amide bonds. The Bertz CT molecular complexity index is 1060. The fourth-order valence-corrected chi connectivity index (χ4v) is 4.91. The van der Waals surface area contributed by atoms with Crippen molar-refractivity contribution in [1.82, 2.24) is 19.8 Å². The van der Waals surface area contributed by atoms with Gasteiger partial charge in [0.15, 0.2) is 5.16 Å². The Balaban J connectivity index is 1.45. The molecule has 0 saturated heterocycles. The monoisotopic (exact) mass is 487 g/mol. The second-order valence-electron chi connectivity index (χ2n) is 7.91. The number of amides is 1. The zero-order chi connectivity index (χ0) is 23.3. The predicted molar refractivity (Wildman–Crippen MR) is 114 cm³/mol. The van der Waals surface area contributed by atoms with E-state index in [0.29, 0.717) is 22.6 Å². The third-order valence-electron chi connectivity index (χ3n) is 5.62. The molecule has 0 spiro atoms. The van der Waals surface area contributed by atoms with E-state index in [1.54, 1.807) is 0 Å². The van der Waals surface area contributed by atoms with Crippen LogP contribution in [0.25, 0.3) is 0 Å². The number of carbonyl (C=O) groups excluding carboxylic acids is 1. The first-order chi connectivity index (χ1) is 15.0. The second kappa shape index (κ2) is 8.35. The number of rotatable bonds is 6. The SMILES string of the molecule is CCn1c(SCC(=O)N2N=C(C)C[C@]2(O)C(F)(F)F)nnc1[C@@H]1C[C@@H]1c1ccc(Cl)cc1. The summed E-state index contributed by atoms with van der Waals surface area (Å²) in [5, 5.41) is 23.4. The summed E-state index contributed by atoms with van der Waals surface area (Å²) in [6, 6.07) is 7.64. The van der Waals surface area contributed by atoms with Gasteiger partial charge in [0.2, 0.25) is 0 Å². The van der Waals surface area contributed by atoms with Crippen molar-refractivity contribution >= 4 is 35.0 Å². The van der Waals surface area contributed by atoms with Crippen LogP contribution in [0, 0.1) is 0 Å². The van der Waals surface area contributed by atoms with E-state index in [1.807, 2.05) is 35.8 Å². The number of hydrogen-bond acceptors (Lipinski definition) is 6. The minimum absolute atomic E-state index is 0.0316. The van der Waals surface area contributed by atoms with E-state index in [2.05, 4.69) is 15.3 Å². The predicted octanol–water partition coefficient (Wildman–Crippen LogP) is 4.17. The lowest BCUT2D eigenvalue weighted by Gasteiger charge is -2.32. The maximum Gasteiger partial charge on any atom is 0.438 e. The van der Waals surface area contributed by atoms with E-state index in [9.17, 15) is 23.1 Å². The van der Waals surface area contributed by atoms with Crippen molar-refractivity contribution < 1.29 is 23.1 Å². The van der Waals surface area contributed by atoms with Gasteiger partial charge in [-0.05, 0) is 43.9 Å². The number of hydrogen-bond donors (Lipinski definition) is 1. The molecule has 172 valence electrons. The number of alkyl halides is 3. The van der Waals surface area contributed by atoms with Crippen LogP contribution in [0.5, 0.6) is 0 Å². The molecule has 1 aliphatic carbocycles. The van der Waals surface area contributed by atoms with Gasteiger partial charge in [-0.25, -0.2) is 0 Å². The van der Waals surface area contributed by atoms with Gasteiger partial charge in [0.05, 0.1) is 5.75 Å². The van der Waals surface area contributed by atoms with E-state index >= 15 is 0 Å². The smallest absolute Gasteiger partial charge is 0.362 e. The van der Waals surface area contributed by atoms with Gasteiger partial charge < -0.3 is 9.67 Å². The summed E-state index contributed by atoms with van der Waals surface area (Å²) in [6.45, 7) is 3.80. The summed E-state index contributed by atoms with van der Waals surface area (Å²) < 4.78 is 41.9. The Labute approximate surface area is 191 Å². The lowest BCUT2D eigenvalue weighted by atomic mass is 10.1. The molecule has 2 aliphatic rings. The highest BCUT2D eigenvalue weighted by Gasteiger charge is 2.62. The molecule has 3 atom stereocenters. The topological polar surface area (TPSA) is 83.6 Å². The molecule has 12 heteroatoms. The number of thioether (sulfide) groups is 1. The van der Waals surface area contributed by atoms with Crippen LogP contribution in [0.15, 0.2) is 34.5 Å². The fourth-order valence-electron chi connectivity index (χ4n) is 3.93. The summed E-state index contributed by atoms with van der Waals surface area (Å²) in [5.74, 6) is -0.0631. The number of hydrazone groups is 1. The van der Waals surface area contributed by atoms with Crippen molar-refractivity contribution in [3.8, 4) is 0 Å². The molecule has 1 aliphatic heterocycles. The first-order valence-corrected chi connectivity index (χ1v) is 11.4. The minimum Gasteiger partial charge on any atom is -0.362 e. The zero-order valence-electron chi connectivity index (χ0n) is 17.3. The number of aromatic nitrogens is 3. The normalized spacial score (nSPS) is 25.2. The van der Waals surface area contributed by atoms with Crippen LogP contribution >= 0.6 is 23.4 Å². The lowest BCUT2D eigenvalue weighted by molar-refractivity contribution is -0.301. The first-order valence-electron chi connectivity index (χ1n) is 10.0. The van der Waals surface area contributed by atoms with Crippen LogP contribution in [-0.4, -0.2) is 54.2 Å². The number of aliphatic hydroxyl groups is 1. The van der Waals surface area contributed by atoms with Gasteiger partial charge in [-0.3, -0.25) is 4.79 Å². The van der Waals surface area contributed by atoms with Crippen LogP contribution in [0.2, 0.25) is 5.02 Å². The van der Waals surface area contributed by atoms with Crippen molar-refractivity contribution in [3.63, 3.8) is 0 Å². The molecule has 1 N–H and O–H groups in total. The van der Waals surface area contributed by atoms with E-state index in [0.717, 1.165) is 29.6 Å². The van der Waals surface area contributed by atoms with Crippen LogP contribution in [0.4, 0.5) is 13.2 Å². The van der Waals surface area contributed by atoms with Crippen molar-refractivity contribution in [2.45, 2.75) is 62.1 Å². The molecule has 1 aromatic carbocycles. The van der Waals surface area contributed by atoms with Crippen LogP contribution < -0.4 is 0 Å². The Morgan fingerprint density at radius 1 is 1.28 bits per heavy atom. The number of halogens is 4. The average molecular weight is 488 g/mol. The standard InChI is InChI=1S/C20H21ClF3N5O2S/c1-3-28-17(15-8-14(15)12-4-6-13(21)7-5-12)25-26-18(28)32-10-16(30)29-19(31,20(22,23)24)9-11(2)27-29/h4-7,14-15,31H,3,8-10H2,1-2H3/t14-,15-,19+/m1/s1. The number of nitrogens with zero attached hydrogens (tertiary/aromatic N) is 5. The van der Waals surface area contributed by atoms with Crippen LogP contribution in [0.1, 0.15) is 49.9 Å². The molecule has 1 fully saturated rings. The minimum atomic E-state index is -5.02. The van der Waals surface area contributed by atoms with Gasteiger partial charge in [-0.15, -0.1) is 10.2 Å². The van der Waals surface area contributed by atoms with Crippen molar-refractivity contribution in [2.75, 3.05) is 5.75 Å². The quantitative estimate of drug-likeness (QED) is 0.618. The van der Waals surface area contributed by atoms with Gasteiger partial charge in [0.1, 0.15) is 5.82 Å². The molecular weight excluding hydrogens is 467 g/mol. The van der Waals surface area contributed by atoms with E-state index < -0.39 is 24.2 Å². The van der Waals surface area contributed by atoms with Gasteiger partial charge in [0.25, 0.3) is 11.6 Å². The Hall–Kier alpha value is -2.11. The molecule has 0 unspecified atom stereocenters. The Kier molecular flexibility index (Phi) is 6.01. The Morgan fingerprint density at radius 3 is 2.59 bits per heavy atom. The summed E-state index contributed by atoms with van der Waals surface area (Å²) in [4.78, 5) is 12.5. The highest BCUT2D eigenvalue weighted by Crippen LogP contribution is 2.54. The maximum absolute atomic E-state index is 13.4. The zero-order valence-corrected chi connectivity index (χ0v) is 18.9. The third kappa shape index (κ3) is 4.13. The summed E-state index contributed by atoms with van der Waals surface area (Å²) >= 11 is 6.93. The van der Waals surface area contributed by atoms with Gasteiger partial charge in [-0.2, -0.15) is 23.3 Å². The van der Waals surface area contributed by atoms with Crippen molar-refractivity contribution in [2.24, 2.45) is 5.10 Å².